The number of amides is 1. The molecular formula is C9H18N2O4. The maximum atomic E-state index is 11.3. The van der Waals surface area contributed by atoms with E-state index >= 15 is 0 Å². The first kappa shape index (κ1) is 12.4. The van der Waals surface area contributed by atoms with Gasteiger partial charge in [0.2, 0.25) is 5.91 Å². The van der Waals surface area contributed by atoms with Crippen molar-refractivity contribution in [3.8, 4) is 0 Å². The predicted molar refractivity (Wildman–Crippen MR) is 53.4 cm³/mol. The van der Waals surface area contributed by atoms with Crippen molar-refractivity contribution in [1.82, 2.24) is 10.2 Å². The lowest BCUT2D eigenvalue weighted by molar-refractivity contribution is -0.125. The summed E-state index contributed by atoms with van der Waals surface area (Å²) in [5, 5.41) is 20.2. The van der Waals surface area contributed by atoms with E-state index in [9.17, 15) is 4.79 Å². The predicted octanol–water partition coefficient (Wildman–Crippen LogP) is -2.21. The summed E-state index contributed by atoms with van der Waals surface area (Å²) >= 11 is 0. The molecule has 1 atom stereocenters. The summed E-state index contributed by atoms with van der Waals surface area (Å²) in [4.78, 5) is 13.2. The number of morpholine rings is 1. The minimum Gasteiger partial charge on any atom is -0.395 e. The third-order valence-electron chi connectivity index (χ3n) is 2.34. The van der Waals surface area contributed by atoms with Crippen LogP contribution in [0.5, 0.6) is 0 Å². The SMILES string of the molecule is O=C(CN1CCOCC1CO)NCCO. The molecule has 88 valence electrons. The summed E-state index contributed by atoms with van der Waals surface area (Å²) in [6.45, 7) is 2.15. The Morgan fingerprint density at radius 3 is 3.00 bits per heavy atom. The molecule has 1 aliphatic rings. The first-order valence-electron chi connectivity index (χ1n) is 5.08. The molecule has 0 saturated carbocycles. The smallest absolute Gasteiger partial charge is 0.234 e. The Bertz CT molecular complexity index is 201. The zero-order valence-corrected chi connectivity index (χ0v) is 8.69. The Hall–Kier alpha value is -0.690. The number of hydrogen-bond donors (Lipinski definition) is 3. The Kier molecular flexibility index (Phi) is 5.56. The Morgan fingerprint density at radius 2 is 2.33 bits per heavy atom. The van der Waals surface area contributed by atoms with E-state index in [1.165, 1.54) is 0 Å². The number of nitrogens with one attached hydrogen (secondary N) is 1. The molecule has 0 aliphatic carbocycles. The fraction of sp³-hybridized carbons (Fsp3) is 0.889. The van der Waals surface area contributed by atoms with Crippen molar-refractivity contribution >= 4 is 5.91 Å². The lowest BCUT2D eigenvalue weighted by atomic mass is 10.2. The van der Waals surface area contributed by atoms with Gasteiger partial charge in [0.25, 0.3) is 0 Å². The van der Waals surface area contributed by atoms with Crippen LogP contribution in [-0.4, -0.2) is 73.1 Å². The number of hydrogen-bond acceptors (Lipinski definition) is 5. The molecule has 0 spiro atoms. The van der Waals surface area contributed by atoms with Gasteiger partial charge in [-0.3, -0.25) is 9.69 Å². The monoisotopic (exact) mass is 218 g/mol. The number of aliphatic hydroxyl groups excluding tert-OH is 2. The van der Waals surface area contributed by atoms with Crippen LogP contribution < -0.4 is 5.32 Å². The number of nitrogens with zero attached hydrogens (tertiary/aromatic N) is 1. The molecule has 0 aromatic heterocycles. The van der Waals surface area contributed by atoms with Crippen LogP contribution in [0.1, 0.15) is 0 Å². The van der Waals surface area contributed by atoms with Gasteiger partial charge >= 0.3 is 0 Å². The number of rotatable bonds is 5. The Labute approximate surface area is 88.8 Å². The summed E-state index contributed by atoms with van der Waals surface area (Å²) < 4.78 is 5.19. The van der Waals surface area contributed by atoms with E-state index < -0.39 is 0 Å². The highest BCUT2D eigenvalue weighted by atomic mass is 16.5. The van der Waals surface area contributed by atoms with Crippen molar-refractivity contribution in [2.24, 2.45) is 0 Å². The molecular weight excluding hydrogens is 200 g/mol. The highest BCUT2D eigenvalue weighted by Gasteiger charge is 2.23. The topological polar surface area (TPSA) is 82.0 Å². The van der Waals surface area contributed by atoms with E-state index in [2.05, 4.69) is 5.32 Å². The maximum absolute atomic E-state index is 11.3. The van der Waals surface area contributed by atoms with Gasteiger partial charge in [-0.1, -0.05) is 0 Å². The zero-order chi connectivity index (χ0) is 11.1. The van der Waals surface area contributed by atoms with Crippen LogP contribution in [0.3, 0.4) is 0 Å². The highest BCUT2D eigenvalue weighted by molar-refractivity contribution is 5.78. The van der Waals surface area contributed by atoms with E-state index in [-0.39, 0.29) is 38.3 Å². The van der Waals surface area contributed by atoms with Crippen LogP contribution in [-0.2, 0) is 9.53 Å². The molecule has 3 N–H and O–H groups in total. The maximum Gasteiger partial charge on any atom is 0.234 e. The quantitative estimate of drug-likeness (QED) is 0.487. The molecule has 1 unspecified atom stereocenters. The van der Waals surface area contributed by atoms with E-state index in [4.69, 9.17) is 14.9 Å². The summed E-state index contributed by atoms with van der Waals surface area (Å²) in [5.74, 6) is -0.135. The number of ether oxygens (including phenoxy) is 1. The van der Waals surface area contributed by atoms with Crippen LogP contribution in [0.25, 0.3) is 0 Å². The van der Waals surface area contributed by atoms with E-state index in [0.29, 0.717) is 19.8 Å². The van der Waals surface area contributed by atoms with Gasteiger partial charge in [-0.25, -0.2) is 0 Å². The molecule has 1 fully saturated rings. The third kappa shape index (κ3) is 4.13. The van der Waals surface area contributed by atoms with Gasteiger partial charge in [0.1, 0.15) is 0 Å². The van der Waals surface area contributed by atoms with Crippen molar-refractivity contribution in [3.63, 3.8) is 0 Å². The molecule has 0 radical (unpaired) electrons. The van der Waals surface area contributed by atoms with E-state index in [1.54, 1.807) is 0 Å². The molecule has 1 saturated heterocycles. The van der Waals surface area contributed by atoms with Gasteiger partial charge in [-0.15, -0.1) is 0 Å². The molecule has 0 aromatic rings. The molecule has 1 rings (SSSR count). The summed E-state index contributed by atoms with van der Waals surface area (Å²) in [5.41, 5.74) is 0. The molecule has 6 nitrogen and oxygen atoms in total. The molecule has 0 aromatic carbocycles. The molecule has 0 bridgehead atoms. The second kappa shape index (κ2) is 6.73. The zero-order valence-electron chi connectivity index (χ0n) is 8.69. The minimum absolute atomic E-state index is 0.00667. The van der Waals surface area contributed by atoms with Crippen LogP contribution in [0.4, 0.5) is 0 Å². The largest absolute Gasteiger partial charge is 0.395 e. The van der Waals surface area contributed by atoms with Crippen molar-refractivity contribution in [2.75, 3.05) is 46.1 Å². The van der Waals surface area contributed by atoms with Crippen molar-refractivity contribution in [2.45, 2.75) is 6.04 Å². The molecule has 15 heavy (non-hydrogen) atoms. The van der Waals surface area contributed by atoms with Gasteiger partial charge in [0, 0.05) is 13.1 Å². The lowest BCUT2D eigenvalue weighted by Crippen LogP contribution is -2.51. The van der Waals surface area contributed by atoms with Crippen LogP contribution in [0.15, 0.2) is 0 Å². The summed E-state index contributed by atoms with van der Waals surface area (Å²) in [6, 6.07) is -0.0985. The minimum atomic E-state index is -0.135. The van der Waals surface area contributed by atoms with Crippen molar-refractivity contribution in [3.05, 3.63) is 0 Å². The number of carbonyl (C=O) groups is 1. The van der Waals surface area contributed by atoms with Gasteiger partial charge < -0.3 is 20.3 Å². The second-order valence-corrected chi connectivity index (χ2v) is 3.46. The van der Waals surface area contributed by atoms with Crippen LogP contribution >= 0.6 is 0 Å². The van der Waals surface area contributed by atoms with Gasteiger partial charge in [0.05, 0.1) is 39.0 Å². The average Bonchev–Trinajstić information content (AvgIpc) is 2.27. The van der Waals surface area contributed by atoms with Crippen molar-refractivity contribution in [1.29, 1.82) is 0 Å². The standard InChI is InChI=1S/C9H18N2O4/c12-3-1-10-9(14)5-11-2-4-15-7-8(11)6-13/h8,12-13H,1-7H2,(H,10,14). The van der Waals surface area contributed by atoms with Crippen LogP contribution in [0, 0.1) is 0 Å². The summed E-state index contributed by atoms with van der Waals surface area (Å²) in [7, 11) is 0. The van der Waals surface area contributed by atoms with Crippen LogP contribution in [0.2, 0.25) is 0 Å². The first-order chi connectivity index (χ1) is 7.27. The third-order valence-corrected chi connectivity index (χ3v) is 2.34. The lowest BCUT2D eigenvalue weighted by Gasteiger charge is -2.33. The van der Waals surface area contributed by atoms with Crippen molar-refractivity contribution < 1.29 is 19.7 Å². The summed E-state index contributed by atoms with van der Waals surface area (Å²) in [6.07, 6.45) is 0. The average molecular weight is 218 g/mol. The normalized spacial score (nSPS) is 22.7. The Morgan fingerprint density at radius 1 is 1.53 bits per heavy atom. The molecule has 1 amide bonds. The number of carbonyl (C=O) groups excluding carboxylic acids is 1. The fourth-order valence-corrected chi connectivity index (χ4v) is 1.50. The van der Waals surface area contributed by atoms with Gasteiger partial charge in [-0.2, -0.15) is 0 Å². The highest BCUT2D eigenvalue weighted by Crippen LogP contribution is 2.05. The van der Waals surface area contributed by atoms with Gasteiger partial charge in [-0.05, 0) is 0 Å². The first-order valence-corrected chi connectivity index (χ1v) is 5.08. The van der Waals surface area contributed by atoms with Gasteiger partial charge in [0.15, 0.2) is 0 Å². The Balaban J connectivity index is 2.30. The molecule has 1 heterocycles. The fourth-order valence-electron chi connectivity index (χ4n) is 1.50. The van der Waals surface area contributed by atoms with E-state index in [0.717, 1.165) is 0 Å². The molecule has 6 heteroatoms. The molecule has 1 aliphatic heterocycles. The number of aliphatic hydroxyl groups is 2. The second-order valence-electron chi connectivity index (χ2n) is 3.46. The van der Waals surface area contributed by atoms with E-state index in [1.807, 2.05) is 4.90 Å².